The molecule has 2 rings (SSSR count). The van der Waals surface area contributed by atoms with Crippen molar-refractivity contribution in [1.82, 2.24) is 0 Å². The van der Waals surface area contributed by atoms with Crippen LogP contribution < -0.4 is 4.74 Å². The van der Waals surface area contributed by atoms with Crippen LogP contribution in [0.25, 0.3) is 11.1 Å². The third-order valence-electron chi connectivity index (χ3n) is 3.59. The molecule has 0 heterocycles. The summed E-state index contributed by atoms with van der Waals surface area (Å²) in [6, 6.07) is 8.56. The molecule has 2 aromatic rings. The number of aldehydes is 1. The van der Waals surface area contributed by atoms with E-state index in [1.165, 1.54) is 7.11 Å². The molecule has 4 heteroatoms. The van der Waals surface area contributed by atoms with E-state index >= 15 is 0 Å². The van der Waals surface area contributed by atoms with Crippen molar-refractivity contribution in [3.8, 4) is 28.4 Å². The van der Waals surface area contributed by atoms with Gasteiger partial charge in [0.15, 0.2) is 17.8 Å². The average Bonchev–Trinajstić information content (AvgIpc) is 2.47. The molecular formula is C18H20O4. The summed E-state index contributed by atoms with van der Waals surface area (Å²) < 4.78 is 5.11. The number of hydrogen-bond donors (Lipinski definition) is 2. The molecule has 22 heavy (non-hydrogen) atoms. The first-order valence-electron chi connectivity index (χ1n) is 6.98. The molecule has 0 atom stereocenters. The Labute approximate surface area is 130 Å². The number of methoxy groups -OCH3 is 1. The lowest BCUT2D eigenvalue weighted by Crippen LogP contribution is -2.11. The van der Waals surface area contributed by atoms with Gasteiger partial charge in [0, 0.05) is 0 Å². The van der Waals surface area contributed by atoms with Crippen molar-refractivity contribution in [2.45, 2.75) is 26.2 Å². The highest BCUT2D eigenvalue weighted by molar-refractivity contribution is 5.85. The highest BCUT2D eigenvalue weighted by Crippen LogP contribution is 2.38. The number of hydrogen-bond acceptors (Lipinski definition) is 4. The van der Waals surface area contributed by atoms with Gasteiger partial charge in [-0.15, -0.1) is 0 Å². The predicted molar refractivity (Wildman–Crippen MR) is 85.8 cm³/mol. The summed E-state index contributed by atoms with van der Waals surface area (Å²) in [5.41, 5.74) is 2.34. The van der Waals surface area contributed by atoms with Crippen molar-refractivity contribution in [1.29, 1.82) is 0 Å². The molecule has 116 valence electrons. The average molecular weight is 300 g/mol. The van der Waals surface area contributed by atoms with Crippen LogP contribution in [-0.4, -0.2) is 23.6 Å². The Hall–Kier alpha value is -2.49. The number of benzene rings is 2. The molecule has 0 fully saturated rings. The molecular weight excluding hydrogens is 280 g/mol. The fourth-order valence-electron chi connectivity index (χ4n) is 2.36. The molecule has 0 aliphatic rings. The molecule has 0 saturated carbocycles. The van der Waals surface area contributed by atoms with E-state index in [4.69, 9.17) is 4.74 Å². The fourth-order valence-corrected chi connectivity index (χ4v) is 2.36. The highest BCUT2D eigenvalue weighted by Gasteiger charge is 2.19. The summed E-state index contributed by atoms with van der Waals surface area (Å²) in [5, 5.41) is 19.9. The van der Waals surface area contributed by atoms with Crippen molar-refractivity contribution in [3.63, 3.8) is 0 Å². The van der Waals surface area contributed by atoms with E-state index in [2.05, 4.69) is 0 Å². The van der Waals surface area contributed by atoms with Crippen molar-refractivity contribution >= 4 is 6.29 Å². The number of ether oxygens (including phenoxy) is 1. The Bertz CT molecular complexity index is 712. The quantitative estimate of drug-likeness (QED) is 0.844. The summed E-state index contributed by atoms with van der Waals surface area (Å²) in [6.07, 6.45) is 0.590. The molecule has 0 unspecified atom stereocenters. The Kier molecular flexibility index (Phi) is 4.13. The van der Waals surface area contributed by atoms with E-state index in [1.54, 1.807) is 24.3 Å². The highest BCUT2D eigenvalue weighted by atomic mass is 16.5. The molecule has 0 aliphatic heterocycles. The van der Waals surface area contributed by atoms with Crippen molar-refractivity contribution < 1.29 is 19.7 Å². The maximum atomic E-state index is 11.1. The lowest BCUT2D eigenvalue weighted by Gasteiger charge is -2.21. The molecule has 4 nitrogen and oxygen atoms in total. The predicted octanol–water partition coefficient (Wildman–Crippen LogP) is 3.88. The topological polar surface area (TPSA) is 66.8 Å². The molecule has 0 saturated heterocycles. The molecule has 2 aromatic carbocycles. The number of carbonyl (C=O) groups excluding carboxylic acids is 1. The van der Waals surface area contributed by atoms with Crippen LogP contribution in [0.1, 0.15) is 36.7 Å². The summed E-state index contributed by atoms with van der Waals surface area (Å²) in [6.45, 7) is 6.04. The lowest BCUT2D eigenvalue weighted by atomic mass is 9.84. The van der Waals surface area contributed by atoms with E-state index in [0.29, 0.717) is 6.29 Å². The largest absolute Gasteiger partial charge is 0.508 e. The van der Waals surface area contributed by atoms with Gasteiger partial charge in [-0.1, -0.05) is 26.8 Å². The maximum Gasteiger partial charge on any atom is 0.168 e. The number of aromatic hydroxyl groups is 2. The van der Waals surface area contributed by atoms with Gasteiger partial charge in [0.2, 0.25) is 0 Å². The Morgan fingerprint density at radius 3 is 2.27 bits per heavy atom. The zero-order chi connectivity index (χ0) is 16.5. The van der Waals surface area contributed by atoms with E-state index in [0.717, 1.165) is 16.7 Å². The summed E-state index contributed by atoms with van der Waals surface area (Å²) >= 11 is 0. The van der Waals surface area contributed by atoms with Crippen LogP contribution in [0.2, 0.25) is 0 Å². The van der Waals surface area contributed by atoms with Crippen LogP contribution in [0, 0.1) is 0 Å². The zero-order valence-corrected chi connectivity index (χ0v) is 13.2. The van der Waals surface area contributed by atoms with Crippen molar-refractivity contribution in [2.24, 2.45) is 0 Å². The van der Waals surface area contributed by atoms with Gasteiger partial charge in [-0.25, -0.2) is 0 Å². The summed E-state index contributed by atoms with van der Waals surface area (Å²) in [4.78, 5) is 11.1. The molecule has 0 bridgehead atoms. The Morgan fingerprint density at radius 1 is 1.05 bits per heavy atom. The second-order valence-corrected chi connectivity index (χ2v) is 6.22. The third kappa shape index (κ3) is 2.91. The second-order valence-electron chi connectivity index (χ2n) is 6.22. The fraction of sp³-hybridized carbons (Fsp3) is 0.278. The SMILES string of the molecule is COc1cc(-c2ccc(O)c(C(C)(C)C)c2)cc(C=O)c1O. The van der Waals surface area contributed by atoms with Gasteiger partial charge in [-0.05, 0) is 46.4 Å². The smallest absolute Gasteiger partial charge is 0.168 e. The minimum Gasteiger partial charge on any atom is -0.508 e. The Morgan fingerprint density at radius 2 is 1.73 bits per heavy atom. The van der Waals surface area contributed by atoms with E-state index < -0.39 is 0 Å². The van der Waals surface area contributed by atoms with E-state index in [-0.39, 0.29) is 28.2 Å². The van der Waals surface area contributed by atoms with Gasteiger partial charge in [0.05, 0.1) is 12.7 Å². The number of rotatable bonds is 3. The van der Waals surface area contributed by atoms with Crippen LogP contribution in [0.15, 0.2) is 30.3 Å². The summed E-state index contributed by atoms with van der Waals surface area (Å²) in [7, 11) is 1.44. The molecule has 0 aliphatic carbocycles. The molecule has 0 aromatic heterocycles. The standard InChI is InChI=1S/C18H20O4/c1-18(2,3)14-8-11(5-6-15(14)20)12-7-13(10-19)17(21)16(9-12)22-4/h5-10,20-21H,1-4H3. The first-order chi connectivity index (χ1) is 10.3. The van der Waals surface area contributed by atoms with Gasteiger partial charge < -0.3 is 14.9 Å². The number of phenolic OH excluding ortho intramolecular Hbond substituents is 2. The van der Waals surface area contributed by atoms with E-state index in [1.807, 2.05) is 26.8 Å². The maximum absolute atomic E-state index is 11.1. The minimum atomic E-state index is -0.214. The minimum absolute atomic E-state index is 0.166. The van der Waals surface area contributed by atoms with E-state index in [9.17, 15) is 15.0 Å². The molecule has 0 amide bonds. The lowest BCUT2D eigenvalue weighted by molar-refractivity contribution is 0.112. The second kappa shape index (κ2) is 5.72. The van der Waals surface area contributed by atoms with Gasteiger partial charge in [0.25, 0.3) is 0 Å². The van der Waals surface area contributed by atoms with Crippen molar-refractivity contribution in [2.75, 3.05) is 7.11 Å². The van der Waals surface area contributed by atoms with Crippen LogP contribution in [0.3, 0.4) is 0 Å². The van der Waals surface area contributed by atoms with Gasteiger partial charge in [-0.3, -0.25) is 4.79 Å². The molecule has 2 N–H and O–H groups in total. The third-order valence-corrected chi connectivity index (χ3v) is 3.59. The van der Waals surface area contributed by atoms with Crippen LogP contribution in [-0.2, 0) is 5.41 Å². The van der Waals surface area contributed by atoms with Crippen molar-refractivity contribution in [3.05, 3.63) is 41.5 Å². The number of carbonyl (C=O) groups is 1. The summed E-state index contributed by atoms with van der Waals surface area (Å²) in [5.74, 6) is 0.304. The van der Waals surface area contributed by atoms with Crippen LogP contribution in [0.4, 0.5) is 0 Å². The Balaban J connectivity index is 2.64. The number of phenols is 2. The molecule has 0 radical (unpaired) electrons. The molecule has 0 spiro atoms. The monoisotopic (exact) mass is 300 g/mol. The van der Waals surface area contributed by atoms with Gasteiger partial charge >= 0.3 is 0 Å². The van der Waals surface area contributed by atoms with Crippen LogP contribution >= 0.6 is 0 Å². The zero-order valence-electron chi connectivity index (χ0n) is 13.2. The normalized spacial score (nSPS) is 11.3. The van der Waals surface area contributed by atoms with Crippen LogP contribution in [0.5, 0.6) is 17.2 Å². The van der Waals surface area contributed by atoms with Gasteiger partial charge in [-0.2, -0.15) is 0 Å². The first kappa shape index (κ1) is 15.9. The first-order valence-corrected chi connectivity index (χ1v) is 6.98. The van der Waals surface area contributed by atoms with Gasteiger partial charge in [0.1, 0.15) is 5.75 Å².